The van der Waals surface area contributed by atoms with E-state index in [0.29, 0.717) is 21.3 Å². The number of hydrogen-bond donors (Lipinski definition) is 2. The number of ether oxygens (including phenoxy) is 2. The first-order valence-electron chi connectivity index (χ1n) is 11.1. The smallest absolute Gasteiger partial charge is 0.127 e. The Hall–Kier alpha value is -3.25. The molecule has 0 aromatic heterocycles. The van der Waals surface area contributed by atoms with E-state index in [1.165, 1.54) is 16.7 Å². The second-order valence-electron chi connectivity index (χ2n) is 8.81. The van der Waals surface area contributed by atoms with Crippen LogP contribution in [-0.2, 0) is 5.41 Å². The van der Waals surface area contributed by atoms with Crippen LogP contribution in [0.25, 0.3) is 0 Å². The molecule has 0 aliphatic carbocycles. The van der Waals surface area contributed by atoms with Gasteiger partial charge in [-0.25, -0.2) is 0 Å². The van der Waals surface area contributed by atoms with E-state index in [1.54, 1.807) is 55.6 Å². The van der Waals surface area contributed by atoms with E-state index in [0.717, 1.165) is 5.75 Å². The molecule has 0 saturated carbocycles. The van der Waals surface area contributed by atoms with Crippen LogP contribution in [0.5, 0.6) is 17.2 Å². The maximum atomic E-state index is 10.8. The van der Waals surface area contributed by atoms with Crippen molar-refractivity contribution < 1.29 is 18.6 Å². The van der Waals surface area contributed by atoms with Crippen LogP contribution in [0.2, 0.25) is 0 Å². The Bertz CT molecular complexity index is 1230. The highest BCUT2D eigenvalue weighted by Crippen LogP contribution is 2.55. The Balaban J connectivity index is 1.47. The van der Waals surface area contributed by atoms with Crippen LogP contribution in [0.3, 0.4) is 0 Å². The summed E-state index contributed by atoms with van der Waals surface area (Å²) in [4.78, 5) is 0.869. The molecule has 0 bridgehead atoms. The van der Waals surface area contributed by atoms with Gasteiger partial charge in [0, 0.05) is 5.41 Å². The number of aryl methyl sites for hydroxylation is 1. The third-order valence-corrected chi connectivity index (χ3v) is 7.98. The van der Waals surface area contributed by atoms with E-state index >= 15 is 0 Å². The molecule has 0 saturated heterocycles. The SMILES string of the molecule is COc1ccc(S(O)(O)c2ccc(Oc3ccc(C(C)(C)c4ccc(C)cc4)cc3)cc2)cc1. The van der Waals surface area contributed by atoms with Crippen molar-refractivity contribution >= 4 is 10.6 Å². The van der Waals surface area contributed by atoms with Crippen molar-refractivity contribution in [2.24, 2.45) is 0 Å². The minimum Gasteiger partial charge on any atom is -0.497 e. The highest BCUT2D eigenvalue weighted by atomic mass is 32.3. The van der Waals surface area contributed by atoms with Gasteiger partial charge in [-0.1, -0.05) is 55.8 Å². The lowest BCUT2D eigenvalue weighted by Crippen LogP contribution is -2.18. The molecule has 4 aromatic rings. The summed E-state index contributed by atoms with van der Waals surface area (Å²) in [7, 11) is -1.54. The van der Waals surface area contributed by atoms with E-state index in [2.05, 4.69) is 57.2 Å². The van der Waals surface area contributed by atoms with Crippen molar-refractivity contribution in [3.05, 3.63) is 114 Å². The Kier molecular flexibility index (Phi) is 6.71. The van der Waals surface area contributed by atoms with Gasteiger partial charge in [0.05, 0.1) is 16.9 Å². The fourth-order valence-corrected chi connectivity index (χ4v) is 5.11. The number of rotatable bonds is 7. The molecule has 0 aliphatic rings. The molecular weight excluding hydrogens is 444 g/mol. The van der Waals surface area contributed by atoms with Gasteiger partial charge in [-0.05, 0) is 78.7 Å². The lowest BCUT2D eigenvalue weighted by Gasteiger charge is -2.32. The van der Waals surface area contributed by atoms with Crippen LogP contribution in [0.4, 0.5) is 0 Å². The van der Waals surface area contributed by atoms with Gasteiger partial charge in [0.25, 0.3) is 0 Å². The van der Waals surface area contributed by atoms with Gasteiger partial charge in [-0.2, -0.15) is 0 Å². The molecule has 34 heavy (non-hydrogen) atoms. The fraction of sp³-hybridized carbons (Fsp3) is 0.172. The molecule has 0 spiro atoms. The van der Waals surface area contributed by atoms with Gasteiger partial charge >= 0.3 is 0 Å². The van der Waals surface area contributed by atoms with Crippen LogP contribution in [-0.4, -0.2) is 16.2 Å². The zero-order valence-electron chi connectivity index (χ0n) is 19.9. The van der Waals surface area contributed by atoms with Crippen LogP contribution < -0.4 is 9.47 Å². The summed E-state index contributed by atoms with van der Waals surface area (Å²) in [5.41, 5.74) is 3.59. The zero-order chi connectivity index (χ0) is 24.3. The summed E-state index contributed by atoms with van der Waals surface area (Å²) in [5, 5.41) is 0. The van der Waals surface area contributed by atoms with Gasteiger partial charge in [0.1, 0.15) is 17.2 Å². The molecule has 4 rings (SSSR count). The molecule has 176 valence electrons. The Labute approximate surface area is 203 Å². The molecule has 0 aliphatic heterocycles. The second-order valence-corrected chi connectivity index (χ2v) is 10.9. The summed E-state index contributed by atoms with van der Waals surface area (Å²) in [6, 6.07) is 30.4. The monoisotopic (exact) mass is 474 g/mol. The van der Waals surface area contributed by atoms with E-state index in [4.69, 9.17) is 9.47 Å². The summed E-state index contributed by atoms with van der Waals surface area (Å²) >= 11 is 0. The first-order valence-corrected chi connectivity index (χ1v) is 12.6. The van der Waals surface area contributed by atoms with Gasteiger partial charge in [0.15, 0.2) is 0 Å². The molecule has 0 unspecified atom stereocenters. The largest absolute Gasteiger partial charge is 0.497 e. The predicted molar refractivity (Wildman–Crippen MR) is 139 cm³/mol. The molecule has 0 amide bonds. The van der Waals surface area contributed by atoms with Crippen LogP contribution >= 0.6 is 10.6 Å². The number of benzene rings is 4. The van der Waals surface area contributed by atoms with Crippen molar-refractivity contribution in [3.63, 3.8) is 0 Å². The Morgan fingerprint density at radius 2 is 0.971 bits per heavy atom. The molecular formula is C29H30O4S. The molecule has 4 aromatic carbocycles. The second kappa shape index (κ2) is 9.55. The normalized spacial score (nSPS) is 12.3. The Morgan fingerprint density at radius 1 is 0.588 bits per heavy atom. The van der Waals surface area contributed by atoms with Gasteiger partial charge in [0.2, 0.25) is 0 Å². The fourth-order valence-electron chi connectivity index (χ4n) is 3.81. The molecule has 0 heterocycles. The van der Waals surface area contributed by atoms with Crippen molar-refractivity contribution in [1.82, 2.24) is 0 Å². The molecule has 5 heteroatoms. The quantitative estimate of drug-likeness (QED) is 0.283. The molecule has 0 fully saturated rings. The maximum absolute atomic E-state index is 10.8. The molecule has 2 N–H and O–H groups in total. The van der Waals surface area contributed by atoms with Crippen LogP contribution in [0.1, 0.15) is 30.5 Å². The number of methoxy groups -OCH3 is 1. The van der Waals surface area contributed by atoms with Crippen molar-refractivity contribution in [3.8, 4) is 17.2 Å². The lowest BCUT2D eigenvalue weighted by molar-refractivity contribution is 0.414. The summed E-state index contributed by atoms with van der Waals surface area (Å²) in [5.74, 6) is 2.01. The Morgan fingerprint density at radius 3 is 1.41 bits per heavy atom. The summed E-state index contributed by atoms with van der Waals surface area (Å²) in [6.07, 6.45) is 0. The third kappa shape index (κ3) is 4.97. The van der Waals surface area contributed by atoms with Crippen molar-refractivity contribution in [1.29, 1.82) is 0 Å². The molecule has 0 radical (unpaired) electrons. The van der Waals surface area contributed by atoms with Gasteiger partial charge < -0.3 is 9.47 Å². The minimum absolute atomic E-state index is 0.121. The molecule has 0 atom stereocenters. The van der Waals surface area contributed by atoms with Crippen molar-refractivity contribution in [2.75, 3.05) is 7.11 Å². The van der Waals surface area contributed by atoms with Crippen molar-refractivity contribution in [2.45, 2.75) is 36.0 Å². The topological polar surface area (TPSA) is 58.9 Å². The van der Waals surface area contributed by atoms with E-state index in [9.17, 15) is 9.11 Å². The highest BCUT2D eigenvalue weighted by molar-refractivity contribution is 8.24. The highest BCUT2D eigenvalue weighted by Gasteiger charge is 2.23. The first-order chi connectivity index (χ1) is 16.2. The van der Waals surface area contributed by atoms with E-state index < -0.39 is 10.6 Å². The molecule has 4 nitrogen and oxygen atoms in total. The van der Waals surface area contributed by atoms with E-state index in [1.807, 2.05) is 12.1 Å². The maximum Gasteiger partial charge on any atom is 0.127 e. The van der Waals surface area contributed by atoms with Gasteiger partial charge in [-0.15, -0.1) is 10.6 Å². The first kappa shape index (κ1) is 23.9. The standard InChI is InChI=1S/C29H30O4S/c1-21-5-7-22(8-6-21)29(2,3)23-9-11-25(12-10-23)33-26-15-19-28(20-16-26)34(30,31)27-17-13-24(32-4)14-18-27/h5-20,30-31H,1-4H3. The average molecular weight is 475 g/mol. The zero-order valence-corrected chi connectivity index (χ0v) is 20.7. The van der Waals surface area contributed by atoms with E-state index in [-0.39, 0.29) is 5.41 Å². The summed E-state index contributed by atoms with van der Waals surface area (Å²) < 4.78 is 32.7. The van der Waals surface area contributed by atoms with Crippen LogP contribution in [0.15, 0.2) is 107 Å². The third-order valence-electron chi connectivity index (χ3n) is 6.13. The predicted octanol–water partition coefficient (Wildman–Crippen LogP) is 8.29. The van der Waals surface area contributed by atoms with Crippen LogP contribution in [0, 0.1) is 6.92 Å². The minimum atomic E-state index is -3.12. The van der Waals surface area contributed by atoms with Gasteiger partial charge in [-0.3, -0.25) is 9.11 Å². The lowest BCUT2D eigenvalue weighted by atomic mass is 9.78. The summed E-state index contributed by atoms with van der Waals surface area (Å²) in [6.45, 7) is 6.53. The average Bonchev–Trinajstić information content (AvgIpc) is 2.85. The number of hydrogen-bond acceptors (Lipinski definition) is 4.